The van der Waals surface area contributed by atoms with Crippen molar-refractivity contribution in [2.24, 2.45) is 0 Å². The molecule has 0 aromatic carbocycles. The Balaban J connectivity index is 2.41. The van der Waals surface area contributed by atoms with Crippen molar-refractivity contribution in [2.75, 3.05) is 20.7 Å². The molecule has 0 N–H and O–H groups in total. The molecule has 80 valence electrons. The zero-order valence-corrected chi connectivity index (χ0v) is 8.66. The van der Waals surface area contributed by atoms with E-state index in [1.807, 2.05) is 0 Å². The van der Waals surface area contributed by atoms with Crippen LogP contribution in [0.15, 0.2) is 35.2 Å². The lowest BCUT2D eigenvalue weighted by atomic mass is 10.1. The Labute approximate surface area is 87.5 Å². The van der Waals surface area contributed by atoms with Crippen LogP contribution in [0.1, 0.15) is 0 Å². The molecule has 1 unspecified atom stereocenters. The Morgan fingerprint density at radius 3 is 3.00 bits per heavy atom. The Morgan fingerprint density at radius 1 is 1.60 bits per heavy atom. The van der Waals surface area contributed by atoms with Crippen molar-refractivity contribution in [3.63, 3.8) is 0 Å². The number of hydrogen-bond donors (Lipinski definition) is 0. The molecule has 1 atom stereocenters. The maximum Gasteiger partial charge on any atom is 0.257 e. The standard InChI is InChI=1S/C11H12FNO2/c1-13-6-7-3-4-8(15-2)5-9(12)10(7)11(13)14/h3-5,8H,6H2,1-2H3. The van der Waals surface area contributed by atoms with Crippen molar-refractivity contribution in [1.29, 1.82) is 0 Å². The van der Waals surface area contributed by atoms with Crippen molar-refractivity contribution in [2.45, 2.75) is 6.10 Å². The van der Waals surface area contributed by atoms with E-state index < -0.39 is 11.9 Å². The average Bonchev–Trinajstić information content (AvgIpc) is 2.41. The van der Waals surface area contributed by atoms with Gasteiger partial charge in [0, 0.05) is 20.7 Å². The number of ether oxygens (including phenoxy) is 1. The van der Waals surface area contributed by atoms with Gasteiger partial charge < -0.3 is 9.64 Å². The van der Waals surface area contributed by atoms with E-state index in [0.29, 0.717) is 6.54 Å². The molecule has 0 aromatic heterocycles. The zero-order valence-electron chi connectivity index (χ0n) is 8.66. The van der Waals surface area contributed by atoms with Crippen LogP contribution in [0.3, 0.4) is 0 Å². The van der Waals surface area contributed by atoms with Crippen molar-refractivity contribution in [1.82, 2.24) is 4.90 Å². The summed E-state index contributed by atoms with van der Waals surface area (Å²) in [6.07, 6.45) is 4.42. The summed E-state index contributed by atoms with van der Waals surface area (Å²) in [6, 6.07) is 0. The Morgan fingerprint density at radius 2 is 2.33 bits per heavy atom. The molecule has 1 aliphatic heterocycles. The van der Waals surface area contributed by atoms with E-state index in [1.165, 1.54) is 18.1 Å². The highest BCUT2D eigenvalue weighted by molar-refractivity contribution is 6.01. The third-order valence-corrected chi connectivity index (χ3v) is 2.60. The fourth-order valence-electron chi connectivity index (χ4n) is 1.77. The summed E-state index contributed by atoms with van der Waals surface area (Å²) in [5, 5.41) is 0. The van der Waals surface area contributed by atoms with Crippen LogP contribution in [-0.2, 0) is 9.53 Å². The number of carbonyl (C=O) groups is 1. The van der Waals surface area contributed by atoms with Gasteiger partial charge in [-0.2, -0.15) is 0 Å². The van der Waals surface area contributed by atoms with E-state index in [4.69, 9.17) is 4.74 Å². The number of carbonyl (C=O) groups excluding carboxylic acids is 1. The second-order valence-electron chi connectivity index (χ2n) is 3.64. The summed E-state index contributed by atoms with van der Waals surface area (Å²) < 4.78 is 18.7. The molecule has 1 heterocycles. The molecular weight excluding hydrogens is 197 g/mol. The van der Waals surface area contributed by atoms with E-state index in [0.717, 1.165) is 5.57 Å². The summed E-state index contributed by atoms with van der Waals surface area (Å²) in [5.41, 5.74) is 0.893. The molecule has 0 saturated carbocycles. The fourth-order valence-corrected chi connectivity index (χ4v) is 1.77. The number of methoxy groups -OCH3 is 1. The lowest BCUT2D eigenvalue weighted by Gasteiger charge is -2.09. The average molecular weight is 209 g/mol. The molecule has 1 aliphatic carbocycles. The summed E-state index contributed by atoms with van der Waals surface area (Å²) in [4.78, 5) is 13.1. The highest BCUT2D eigenvalue weighted by Gasteiger charge is 2.30. The minimum Gasteiger partial charge on any atom is -0.373 e. The van der Waals surface area contributed by atoms with Gasteiger partial charge in [-0.3, -0.25) is 4.79 Å². The monoisotopic (exact) mass is 209 g/mol. The van der Waals surface area contributed by atoms with Crippen LogP contribution in [0.25, 0.3) is 0 Å². The molecule has 0 saturated heterocycles. The first-order valence-corrected chi connectivity index (χ1v) is 4.71. The number of likely N-dealkylation sites (N-methyl/N-ethyl adjacent to an activating group) is 1. The first kappa shape index (κ1) is 10.1. The Kier molecular flexibility index (Phi) is 2.44. The molecular formula is C11H12FNO2. The van der Waals surface area contributed by atoms with E-state index in [1.54, 1.807) is 19.2 Å². The molecule has 0 radical (unpaired) electrons. The van der Waals surface area contributed by atoms with Crippen molar-refractivity contribution >= 4 is 5.91 Å². The number of rotatable bonds is 1. The van der Waals surface area contributed by atoms with Gasteiger partial charge in [-0.25, -0.2) is 4.39 Å². The minimum atomic E-state index is -0.490. The van der Waals surface area contributed by atoms with Crippen molar-refractivity contribution < 1.29 is 13.9 Å². The predicted molar refractivity (Wildman–Crippen MR) is 53.8 cm³/mol. The van der Waals surface area contributed by atoms with E-state index in [9.17, 15) is 9.18 Å². The molecule has 0 fully saturated rings. The SMILES string of the molecule is COC1C=CC2=C(C(=O)N(C)C2)C(F)=C1. The molecule has 4 heteroatoms. The molecule has 3 nitrogen and oxygen atoms in total. The zero-order chi connectivity index (χ0) is 11.0. The summed E-state index contributed by atoms with van der Waals surface area (Å²) >= 11 is 0. The van der Waals surface area contributed by atoms with E-state index in [2.05, 4.69) is 0 Å². The molecule has 2 aliphatic rings. The molecule has 1 amide bonds. The molecule has 15 heavy (non-hydrogen) atoms. The summed E-state index contributed by atoms with van der Waals surface area (Å²) in [5.74, 6) is -0.753. The molecule has 0 bridgehead atoms. The molecule has 2 rings (SSSR count). The normalized spacial score (nSPS) is 25.5. The third-order valence-electron chi connectivity index (χ3n) is 2.60. The van der Waals surface area contributed by atoms with Gasteiger partial charge in [-0.1, -0.05) is 12.2 Å². The lowest BCUT2D eigenvalue weighted by Crippen LogP contribution is -2.22. The van der Waals surface area contributed by atoms with Gasteiger partial charge in [0.05, 0.1) is 11.7 Å². The van der Waals surface area contributed by atoms with Gasteiger partial charge in [0.1, 0.15) is 5.83 Å². The van der Waals surface area contributed by atoms with Crippen LogP contribution in [0.2, 0.25) is 0 Å². The van der Waals surface area contributed by atoms with Crippen molar-refractivity contribution in [3.05, 3.63) is 35.2 Å². The fraction of sp³-hybridized carbons (Fsp3) is 0.364. The van der Waals surface area contributed by atoms with Gasteiger partial charge in [0.15, 0.2) is 0 Å². The molecule has 0 spiro atoms. The van der Waals surface area contributed by atoms with E-state index >= 15 is 0 Å². The van der Waals surface area contributed by atoms with Crippen LogP contribution in [0.4, 0.5) is 4.39 Å². The topological polar surface area (TPSA) is 29.5 Å². The predicted octanol–water partition coefficient (Wildman–Crippen LogP) is 1.19. The van der Waals surface area contributed by atoms with Crippen molar-refractivity contribution in [3.8, 4) is 0 Å². The van der Waals surface area contributed by atoms with Crippen LogP contribution in [-0.4, -0.2) is 37.6 Å². The quantitative estimate of drug-likeness (QED) is 0.649. The van der Waals surface area contributed by atoms with E-state index in [-0.39, 0.29) is 11.5 Å². The van der Waals surface area contributed by atoms with Gasteiger partial charge in [-0.05, 0) is 11.6 Å². The second-order valence-corrected chi connectivity index (χ2v) is 3.64. The smallest absolute Gasteiger partial charge is 0.257 e. The Bertz CT molecular complexity index is 395. The van der Waals surface area contributed by atoms with Crippen LogP contribution >= 0.6 is 0 Å². The highest BCUT2D eigenvalue weighted by Crippen LogP contribution is 2.29. The number of amides is 1. The first-order valence-electron chi connectivity index (χ1n) is 4.71. The van der Waals surface area contributed by atoms with Crippen LogP contribution in [0, 0.1) is 0 Å². The van der Waals surface area contributed by atoms with Gasteiger partial charge in [0.2, 0.25) is 0 Å². The van der Waals surface area contributed by atoms with Gasteiger partial charge in [-0.15, -0.1) is 0 Å². The Hall–Kier alpha value is -1.42. The molecule has 0 aromatic rings. The van der Waals surface area contributed by atoms with Crippen LogP contribution in [0.5, 0.6) is 0 Å². The minimum absolute atomic E-state index is 0.174. The number of halogens is 1. The summed E-state index contributed by atoms with van der Waals surface area (Å²) in [6.45, 7) is 0.461. The van der Waals surface area contributed by atoms with Crippen LogP contribution < -0.4 is 0 Å². The largest absolute Gasteiger partial charge is 0.373 e. The maximum absolute atomic E-state index is 13.7. The second kappa shape index (κ2) is 3.62. The first-order chi connectivity index (χ1) is 7.13. The van der Waals surface area contributed by atoms with Gasteiger partial charge >= 0.3 is 0 Å². The summed E-state index contributed by atoms with van der Waals surface area (Å²) in [7, 11) is 3.16. The lowest BCUT2D eigenvalue weighted by molar-refractivity contribution is -0.124. The number of hydrogen-bond acceptors (Lipinski definition) is 2. The van der Waals surface area contributed by atoms with Gasteiger partial charge in [0.25, 0.3) is 5.91 Å². The number of nitrogens with zero attached hydrogens (tertiary/aromatic N) is 1. The third kappa shape index (κ3) is 1.61. The maximum atomic E-state index is 13.7. The highest BCUT2D eigenvalue weighted by atomic mass is 19.1.